The van der Waals surface area contributed by atoms with Crippen molar-refractivity contribution in [2.24, 2.45) is 0 Å². The molecule has 1 aliphatic heterocycles. The second-order valence-electron chi connectivity index (χ2n) is 7.58. The van der Waals surface area contributed by atoms with Gasteiger partial charge in [0.25, 0.3) is 5.91 Å². The van der Waals surface area contributed by atoms with E-state index in [2.05, 4.69) is 29.6 Å². The van der Waals surface area contributed by atoms with Gasteiger partial charge in [0.1, 0.15) is 5.76 Å². The Labute approximate surface area is 149 Å². The van der Waals surface area contributed by atoms with Crippen LogP contribution in [0.1, 0.15) is 45.2 Å². The van der Waals surface area contributed by atoms with Gasteiger partial charge in [0.05, 0.1) is 5.57 Å². The Hall–Kier alpha value is -2.55. The van der Waals surface area contributed by atoms with Crippen molar-refractivity contribution in [2.45, 2.75) is 45.3 Å². The first-order valence-electron chi connectivity index (χ1n) is 8.64. The van der Waals surface area contributed by atoms with Crippen LogP contribution >= 0.6 is 0 Å². The average molecular weight is 335 g/mol. The molecule has 0 atom stereocenters. The lowest BCUT2D eigenvalue weighted by Crippen LogP contribution is -2.41. The third-order valence-electron chi connectivity index (χ3n) is 4.42. The Morgan fingerprint density at radius 3 is 1.88 bits per heavy atom. The van der Waals surface area contributed by atoms with Crippen LogP contribution in [0, 0.1) is 0 Å². The maximum absolute atomic E-state index is 12.8. The van der Waals surface area contributed by atoms with E-state index in [4.69, 9.17) is 4.74 Å². The van der Waals surface area contributed by atoms with Gasteiger partial charge in [-0.3, -0.25) is 4.79 Å². The fourth-order valence-corrected chi connectivity index (χ4v) is 3.29. The predicted octanol–water partition coefficient (Wildman–Crippen LogP) is 4.54. The van der Waals surface area contributed by atoms with E-state index in [0.29, 0.717) is 17.8 Å². The Bertz CT molecular complexity index is 746. The maximum Gasteiger partial charge on any atom is 0.251 e. The number of hydrogen-bond donors (Lipinski definition) is 1. The normalized spacial score (nSPS) is 16.5. The third-order valence-corrected chi connectivity index (χ3v) is 4.42. The van der Waals surface area contributed by atoms with Crippen LogP contribution in [-0.2, 0) is 15.1 Å². The van der Waals surface area contributed by atoms with Gasteiger partial charge in [-0.05, 0) is 27.7 Å². The monoisotopic (exact) mass is 335 g/mol. The highest BCUT2D eigenvalue weighted by molar-refractivity contribution is 5.95. The van der Waals surface area contributed by atoms with Crippen LogP contribution in [0.4, 0.5) is 0 Å². The van der Waals surface area contributed by atoms with Crippen LogP contribution in [0.5, 0.6) is 0 Å². The van der Waals surface area contributed by atoms with E-state index in [1.165, 1.54) is 0 Å². The molecular formula is C22H25NO2. The molecule has 2 aromatic carbocycles. The maximum atomic E-state index is 12.8. The Kier molecular flexibility index (Phi) is 4.42. The Balaban J connectivity index is 2.02. The molecule has 130 valence electrons. The van der Waals surface area contributed by atoms with Crippen molar-refractivity contribution in [3.8, 4) is 0 Å². The highest BCUT2D eigenvalue weighted by Crippen LogP contribution is 2.46. The van der Waals surface area contributed by atoms with E-state index in [9.17, 15) is 4.79 Å². The van der Waals surface area contributed by atoms with Gasteiger partial charge in [-0.2, -0.15) is 0 Å². The first-order valence-corrected chi connectivity index (χ1v) is 8.64. The lowest BCUT2D eigenvalue weighted by Gasteiger charge is -2.31. The molecule has 1 heterocycles. The zero-order chi connectivity index (χ0) is 18.1. The number of carbonyl (C=O) groups excluding carboxylic acids is 1. The predicted molar refractivity (Wildman–Crippen MR) is 100.0 cm³/mol. The molecule has 0 spiro atoms. The van der Waals surface area contributed by atoms with Crippen molar-refractivity contribution in [3.63, 3.8) is 0 Å². The number of nitrogens with one attached hydrogen (secondary N) is 1. The zero-order valence-corrected chi connectivity index (χ0v) is 15.3. The van der Waals surface area contributed by atoms with Gasteiger partial charge in [0, 0.05) is 23.1 Å². The number of carbonyl (C=O) groups is 1. The standard InChI is InChI=1S/C22H25NO2/c1-16-19(20(24)23-21(2,3)4)15-22(25-16,17-11-7-5-8-12-17)18-13-9-6-10-14-18/h5-14H,15H2,1-4H3,(H,23,24). The molecule has 3 nitrogen and oxygen atoms in total. The SMILES string of the molecule is CC1=C(C(=O)NC(C)(C)C)CC(c2ccccc2)(c2ccccc2)O1. The van der Waals surface area contributed by atoms with E-state index in [1.807, 2.05) is 64.1 Å². The summed E-state index contributed by atoms with van der Waals surface area (Å²) in [6, 6.07) is 20.2. The van der Waals surface area contributed by atoms with Crippen molar-refractivity contribution in [1.29, 1.82) is 0 Å². The molecule has 1 aliphatic rings. The molecule has 3 heteroatoms. The van der Waals surface area contributed by atoms with Gasteiger partial charge < -0.3 is 10.1 Å². The molecule has 0 bridgehead atoms. The summed E-state index contributed by atoms with van der Waals surface area (Å²) in [5.74, 6) is 0.633. The van der Waals surface area contributed by atoms with Gasteiger partial charge in [-0.25, -0.2) is 0 Å². The van der Waals surface area contributed by atoms with Crippen LogP contribution in [0.3, 0.4) is 0 Å². The first kappa shape index (κ1) is 17.3. The molecule has 0 fully saturated rings. The lowest BCUT2D eigenvalue weighted by molar-refractivity contribution is -0.119. The summed E-state index contributed by atoms with van der Waals surface area (Å²) in [6.45, 7) is 7.83. The van der Waals surface area contributed by atoms with E-state index >= 15 is 0 Å². The van der Waals surface area contributed by atoms with Crippen LogP contribution in [0.15, 0.2) is 72.0 Å². The Morgan fingerprint density at radius 1 is 0.960 bits per heavy atom. The molecule has 3 rings (SSSR count). The molecule has 1 N–H and O–H groups in total. The zero-order valence-electron chi connectivity index (χ0n) is 15.3. The molecule has 0 unspecified atom stereocenters. The van der Waals surface area contributed by atoms with E-state index in [-0.39, 0.29) is 11.4 Å². The first-order chi connectivity index (χ1) is 11.8. The molecule has 25 heavy (non-hydrogen) atoms. The molecular weight excluding hydrogens is 310 g/mol. The minimum Gasteiger partial charge on any atom is -0.482 e. The fraction of sp³-hybridized carbons (Fsp3) is 0.318. The summed E-state index contributed by atoms with van der Waals surface area (Å²) in [4.78, 5) is 12.8. The van der Waals surface area contributed by atoms with E-state index < -0.39 is 5.60 Å². The van der Waals surface area contributed by atoms with Crippen LogP contribution in [0.2, 0.25) is 0 Å². The third kappa shape index (κ3) is 3.46. The number of allylic oxidation sites excluding steroid dienone is 1. The van der Waals surface area contributed by atoms with Gasteiger partial charge in [0.2, 0.25) is 0 Å². The summed E-state index contributed by atoms with van der Waals surface area (Å²) < 4.78 is 6.39. The minimum absolute atomic E-state index is 0.0567. The molecule has 1 amide bonds. The minimum atomic E-state index is -0.656. The fourth-order valence-electron chi connectivity index (χ4n) is 3.29. The van der Waals surface area contributed by atoms with Crippen molar-refractivity contribution < 1.29 is 9.53 Å². The van der Waals surface area contributed by atoms with Crippen molar-refractivity contribution in [3.05, 3.63) is 83.1 Å². The van der Waals surface area contributed by atoms with Crippen molar-refractivity contribution in [1.82, 2.24) is 5.32 Å². The highest BCUT2D eigenvalue weighted by atomic mass is 16.5. The molecule has 2 aromatic rings. The van der Waals surface area contributed by atoms with Gasteiger partial charge in [-0.1, -0.05) is 60.7 Å². The quantitative estimate of drug-likeness (QED) is 0.894. The summed E-state index contributed by atoms with van der Waals surface area (Å²) in [5.41, 5.74) is 1.88. The highest BCUT2D eigenvalue weighted by Gasteiger charge is 2.44. The molecule has 0 aliphatic carbocycles. The van der Waals surface area contributed by atoms with Gasteiger partial charge in [0.15, 0.2) is 5.60 Å². The van der Waals surface area contributed by atoms with Gasteiger partial charge >= 0.3 is 0 Å². The lowest BCUT2D eigenvalue weighted by atomic mass is 9.82. The Morgan fingerprint density at radius 2 is 1.44 bits per heavy atom. The van der Waals surface area contributed by atoms with Crippen LogP contribution < -0.4 is 5.32 Å². The summed E-state index contributed by atoms with van der Waals surface area (Å²) in [5, 5.41) is 3.06. The second-order valence-corrected chi connectivity index (χ2v) is 7.58. The summed E-state index contributed by atoms with van der Waals surface area (Å²) in [7, 11) is 0. The topological polar surface area (TPSA) is 38.3 Å². The number of amides is 1. The summed E-state index contributed by atoms with van der Waals surface area (Å²) >= 11 is 0. The number of rotatable bonds is 3. The molecule has 0 aromatic heterocycles. The number of benzene rings is 2. The van der Waals surface area contributed by atoms with Gasteiger partial charge in [-0.15, -0.1) is 0 Å². The smallest absolute Gasteiger partial charge is 0.251 e. The number of ether oxygens (including phenoxy) is 1. The molecule has 0 saturated carbocycles. The van der Waals surface area contributed by atoms with E-state index in [1.54, 1.807) is 0 Å². The van der Waals surface area contributed by atoms with E-state index in [0.717, 1.165) is 11.1 Å². The molecule has 0 radical (unpaired) electrons. The summed E-state index contributed by atoms with van der Waals surface area (Å²) in [6.07, 6.45) is 0.523. The van der Waals surface area contributed by atoms with Crippen LogP contribution in [0.25, 0.3) is 0 Å². The average Bonchev–Trinajstić information content (AvgIpc) is 2.94. The number of hydrogen-bond acceptors (Lipinski definition) is 2. The second kappa shape index (κ2) is 6.40. The van der Waals surface area contributed by atoms with Crippen molar-refractivity contribution in [2.75, 3.05) is 0 Å². The molecule has 0 saturated heterocycles. The van der Waals surface area contributed by atoms with Crippen molar-refractivity contribution >= 4 is 5.91 Å². The van der Waals surface area contributed by atoms with Crippen LogP contribution in [-0.4, -0.2) is 11.4 Å². The largest absolute Gasteiger partial charge is 0.482 e.